The van der Waals surface area contributed by atoms with Crippen LogP contribution in [0.3, 0.4) is 0 Å². The molecule has 1 unspecified atom stereocenters. The van der Waals surface area contributed by atoms with Gasteiger partial charge in [0, 0.05) is 16.3 Å². The number of carboxylic acids is 1. The maximum absolute atomic E-state index is 14.4. The third-order valence-corrected chi connectivity index (χ3v) is 4.87. The molecule has 1 aliphatic heterocycles. The van der Waals surface area contributed by atoms with Crippen LogP contribution in [0.15, 0.2) is 47.3 Å². The van der Waals surface area contributed by atoms with Gasteiger partial charge >= 0.3 is 5.97 Å². The number of dihydropyridines is 1. The average molecular weight is 443 g/mol. The molecule has 0 amide bonds. The van der Waals surface area contributed by atoms with Crippen LogP contribution in [0.1, 0.15) is 24.0 Å². The number of nitrogens with zero attached hydrogens (tertiary/aromatic N) is 1. The minimum atomic E-state index is -1.86. The lowest BCUT2D eigenvalue weighted by atomic mass is 9.82. The van der Waals surface area contributed by atoms with E-state index < -0.39 is 62.6 Å². The van der Waals surface area contributed by atoms with Crippen molar-refractivity contribution in [3.05, 3.63) is 96.8 Å². The van der Waals surface area contributed by atoms with Gasteiger partial charge in [0.15, 0.2) is 17.5 Å². The van der Waals surface area contributed by atoms with E-state index in [1.54, 1.807) is 0 Å². The first-order valence-corrected chi connectivity index (χ1v) is 8.60. The summed E-state index contributed by atoms with van der Waals surface area (Å²) in [5.41, 5.74) is -2.91. The number of hydrogen-bond acceptors (Lipinski definition) is 4. The predicted molar refractivity (Wildman–Crippen MR) is 97.9 cm³/mol. The van der Waals surface area contributed by atoms with Crippen LogP contribution in [0, 0.1) is 33.4 Å². The van der Waals surface area contributed by atoms with E-state index >= 15 is 0 Å². The highest BCUT2D eigenvalue weighted by molar-refractivity contribution is 6.31. The van der Waals surface area contributed by atoms with E-state index in [1.807, 2.05) is 0 Å². The van der Waals surface area contributed by atoms with E-state index in [-0.39, 0.29) is 16.3 Å². The zero-order valence-electron chi connectivity index (χ0n) is 15.0. The molecule has 1 heterocycles. The quantitative estimate of drug-likeness (QED) is 0.313. The summed E-state index contributed by atoms with van der Waals surface area (Å²) in [6.45, 7) is 1.25. The molecule has 1 aliphatic rings. The van der Waals surface area contributed by atoms with Crippen LogP contribution in [-0.2, 0) is 4.79 Å². The van der Waals surface area contributed by atoms with Crippen molar-refractivity contribution in [2.45, 2.75) is 12.8 Å². The van der Waals surface area contributed by atoms with Gasteiger partial charge in [-0.05, 0) is 36.8 Å². The molecule has 1 atom stereocenters. The normalized spacial score (nSPS) is 16.5. The van der Waals surface area contributed by atoms with Crippen molar-refractivity contribution >= 4 is 23.3 Å². The maximum Gasteiger partial charge on any atom is 0.334 e. The van der Waals surface area contributed by atoms with Gasteiger partial charge in [0.1, 0.15) is 17.4 Å². The Morgan fingerprint density at radius 2 is 1.83 bits per heavy atom. The topological polar surface area (TPSA) is 92.5 Å². The van der Waals surface area contributed by atoms with Crippen LogP contribution in [0.4, 0.5) is 17.6 Å². The molecule has 11 heteroatoms. The Kier molecular flexibility index (Phi) is 5.53. The van der Waals surface area contributed by atoms with Gasteiger partial charge in [-0.15, -0.1) is 0 Å². The smallest absolute Gasteiger partial charge is 0.334 e. The molecule has 30 heavy (non-hydrogen) atoms. The van der Waals surface area contributed by atoms with Crippen molar-refractivity contribution in [1.82, 2.24) is 5.32 Å². The van der Waals surface area contributed by atoms with Gasteiger partial charge in [0.25, 0.3) is 5.70 Å². The molecule has 0 radical (unpaired) electrons. The highest BCUT2D eigenvalue weighted by Crippen LogP contribution is 2.43. The molecule has 0 aromatic heterocycles. The Labute approximate surface area is 171 Å². The van der Waals surface area contributed by atoms with Crippen molar-refractivity contribution in [2.75, 3.05) is 0 Å². The lowest BCUT2D eigenvalue weighted by Gasteiger charge is -2.27. The summed E-state index contributed by atoms with van der Waals surface area (Å²) in [5.74, 6) is -9.04. The summed E-state index contributed by atoms with van der Waals surface area (Å²) in [7, 11) is 0. The summed E-state index contributed by atoms with van der Waals surface area (Å²) in [6.07, 6.45) is 0. The minimum Gasteiger partial charge on any atom is -0.478 e. The number of carboxylic acid groups (broad SMARTS) is 1. The van der Waals surface area contributed by atoms with Crippen molar-refractivity contribution in [1.29, 1.82) is 0 Å². The molecule has 0 fully saturated rings. The molecule has 3 rings (SSSR count). The van der Waals surface area contributed by atoms with Crippen molar-refractivity contribution < 1.29 is 32.4 Å². The van der Waals surface area contributed by atoms with Crippen molar-refractivity contribution in [3.8, 4) is 0 Å². The molecule has 0 bridgehead atoms. The second kappa shape index (κ2) is 7.79. The highest BCUT2D eigenvalue weighted by atomic mass is 35.5. The standard InChI is InChI=1S/C19H11ClF4N2O4/c1-7-13(19(27)28)14(9-3-2-8(21)6-11(9)20)18(26(29)30)17(25-7)10-4-5-12(22)16(24)15(10)23/h2-6,14,25H,1H3,(H,27,28). The van der Waals surface area contributed by atoms with Crippen LogP contribution in [-0.4, -0.2) is 16.0 Å². The molecular weight excluding hydrogens is 432 g/mol. The maximum atomic E-state index is 14.4. The Balaban J connectivity index is 2.39. The molecule has 2 N–H and O–H groups in total. The van der Waals surface area contributed by atoms with Gasteiger partial charge in [-0.1, -0.05) is 17.7 Å². The lowest BCUT2D eigenvalue weighted by molar-refractivity contribution is -0.428. The zero-order chi connectivity index (χ0) is 22.3. The molecular formula is C19H11ClF4N2O4. The molecule has 0 aliphatic carbocycles. The van der Waals surface area contributed by atoms with Gasteiger partial charge in [0.05, 0.1) is 10.5 Å². The number of carbonyl (C=O) groups is 1. The van der Waals surface area contributed by atoms with Crippen LogP contribution in [0.25, 0.3) is 5.70 Å². The van der Waals surface area contributed by atoms with E-state index in [1.165, 1.54) is 6.92 Å². The fraction of sp³-hybridized carbons (Fsp3) is 0.105. The number of rotatable bonds is 4. The molecule has 2 aromatic carbocycles. The Hall–Kier alpha value is -3.40. The van der Waals surface area contributed by atoms with E-state index in [0.29, 0.717) is 6.07 Å². The Bertz CT molecular complexity index is 1160. The number of benzene rings is 2. The lowest BCUT2D eigenvalue weighted by Crippen LogP contribution is -2.31. The SMILES string of the molecule is CC1=C(C(=O)O)C(c2ccc(F)cc2Cl)C([N+](=O)[O-])=C(c2ccc(F)c(F)c2F)N1. The van der Waals surface area contributed by atoms with E-state index in [4.69, 9.17) is 11.6 Å². The fourth-order valence-corrected chi connectivity index (χ4v) is 3.54. The van der Waals surface area contributed by atoms with Crippen LogP contribution in [0.5, 0.6) is 0 Å². The van der Waals surface area contributed by atoms with Crippen LogP contribution < -0.4 is 5.32 Å². The second-order valence-corrected chi connectivity index (χ2v) is 6.72. The first-order chi connectivity index (χ1) is 14.0. The second-order valence-electron chi connectivity index (χ2n) is 6.31. The summed E-state index contributed by atoms with van der Waals surface area (Å²) in [6, 6.07) is 4.18. The van der Waals surface area contributed by atoms with Gasteiger partial charge in [-0.2, -0.15) is 0 Å². The van der Waals surface area contributed by atoms with E-state index in [9.17, 15) is 37.6 Å². The summed E-state index contributed by atoms with van der Waals surface area (Å²) in [4.78, 5) is 22.8. The summed E-state index contributed by atoms with van der Waals surface area (Å²) in [5, 5.41) is 23.7. The van der Waals surface area contributed by atoms with Crippen molar-refractivity contribution in [2.24, 2.45) is 0 Å². The number of hydrogen-bond donors (Lipinski definition) is 2. The third-order valence-electron chi connectivity index (χ3n) is 4.54. The zero-order valence-corrected chi connectivity index (χ0v) is 15.7. The first kappa shape index (κ1) is 21.3. The number of nitrogens with one attached hydrogen (secondary N) is 1. The van der Waals surface area contributed by atoms with Crippen molar-refractivity contribution in [3.63, 3.8) is 0 Å². The van der Waals surface area contributed by atoms with Gasteiger partial charge in [-0.25, -0.2) is 22.4 Å². The van der Waals surface area contributed by atoms with Gasteiger partial charge in [0.2, 0.25) is 0 Å². The first-order valence-electron chi connectivity index (χ1n) is 8.23. The molecule has 0 spiro atoms. The number of aliphatic carboxylic acids is 1. The third kappa shape index (κ3) is 3.50. The fourth-order valence-electron chi connectivity index (χ4n) is 3.26. The molecule has 0 saturated heterocycles. The number of halogens is 5. The largest absolute Gasteiger partial charge is 0.478 e. The number of nitro groups is 1. The highest BCUT2D eigenvalue weighted by Gasteiger charge is 2.43. The monoisotopic (exact) mass is 442 g/mol. The predicted octanol–water partition coefficient (Wildman–Crippen LogP) is 4.59. The number of allylic oxidation sites excluding steroid dienone is 2. The van der Waals surface area contributed by atoms with Crippen LogP contribution >= 0.6 is 11.6 Å². The molecule has 6 nitrogen and oxygen atoms in total. The Morgan fingerprint density at radius 3 is 2.40 bits per heavy atom. The summed E-state index contributed by atoms with van der Waals surface area (Å²) >= 11 is 6.02. The Morgan fingerprint density at radius 1 is 1.17 bits per heavy atom. The summed E-state index contributed by atoms with van der Waals surface area (Å²) < 4.78 is 55.0. The molecule has 156 valence electrons. The van der Waals surface area contributed by atoms with Crippen LogP contribution in [0.2, 0.25) is 5.02 Å². The minimum absolute atomic E-state index is 0.127. The molecule has 2 aromatic rings. The average Bonchev–Trinajstić information content (AvgIpc) is 2.65. The van der Waals surface area contributed by atoms with Gasteiger partial charge in [-0.3, -0.25) is 10.1 Å². The van der Waals surface area contributed by atoms with E-state index in [0.717, 1.165) is 24.3 Å². The van der Waals surface area contributed by atoms with Gasteiger partial charge < -0.3 is 10.4 Å². The van der Waals surface area contributed by atoms with E-state index in [2.05, 4.69) is 5.32 Å². The molecule has 0 saturated carbocycles.